The number of nitrogens with one attached hydrogen (secondary N) is 1. The molecule has 3 aromatic carbocycles. The summed E-state index contributed by atoms with van der Waals surface area (Å²) in [6.45, 7) is 2.12. The maximum absolute atomic E-state index is 14.2. The molecule has 0 bridgehead atoms. The SMILES string of the molecule is CCCCCC(=O)N1c2ccccc2NC2=C(C(=O)CC(c3ccccc3)C2)C1c1cc(OC)c(OC)c(OC)c1. The number of anilines is 2. The summed E-state index contributed by atoms with van der Waals surface area (Å²) in [4.78, 5) is 30.2. The Labute approximate surface area is 242 Å². The number of fused-ring (bicyclic) bond motifs is 1. The van der Waals surface area contributed by atoms with E-state index in [1.165, 1.54) is 0 Å². The molecule has 1 N–H and O–H groups in total. The fourth-order valence-corrected chi connectivity index (χ4v) is 6.05. The van der Waals surface area contributed by atoms with Crippen LogP contribution in [-0.2, 0) is 9.59 Å². The molecule has 0 radical (unpaired) electrons. The summed E-state index contributed by atoms with van der Waals surface area (Å²) in [5.74, 6) is 1.43. The number of carbonyl (C=O) groups excluding carboxylic acids is 2. The molecule has 3 aromatic rings. The van der Waals surface area contributed by atoms with E-state index < -0.39 is 6.04 Å². The van der Waals surface area contributed by atoms with Crippen molar-refractivity contribution >= 4 is 23.1 Å². The summed E-state index contributed by atoms with van der Waals surface area (Å²) in [6.07, 6.45) is 4.14. The van der Waals surface area contributed by atoms with Crippen molar-refractivity contribution in [2.24, 2.45) is 0 Å². The number of unbranched alkanes of at least 4 members (excludes halogenated alkanes) is 2. The van der Waals surface area contributed by atoms with Crippen molar-refractivity contribution in [2.75, 3.05) is 31.5 Å². The van der Waals surface area contributed by atoms with E-state index in [1.807, 2.05) is 59.5 Å². The van der Waals surface area contributed by atoms with Gasteiger partial charge in [0.2, 0.25) is 11.7 Å². The van der Waals surface area contributed by atoms with Gasteiger partial charge in [0.1, 0.15) is 0 Å². The van der Waals surface area contributed by atoms with Gasteiger partial charge in [0, 0.05) is 24.1 Å². The molecule has 0 aromatic heterocycles. The van der Waals surface area contributed by atoms with Crippen molar-refractivity contribution in [1.29, 1.82) is 0 Å². The first kappa shape index (κ1) is 28.3. The lowest BCUT2D eigenvalue weighted by molar-refractivity contribution is -0.119. The molecule has 0 fully saturated rings. The standard InChI is InChI=1S/C34H38N2O5/c1-5-6-8-17-31(38)36-27-16-12-11-15-25(27)35-26-18-23(22-13-9-7-10-14-22)19-28(37)32(26)33(36)24-20-29(39-2)34(41-4)30(21-24)40-3/h7,9-16,20-21,23,33,35H,5-6,8,17-19H2,1-4H3. The predicted octanol–water partition coefficient (Wildman–Crippen LogP) is 7.19. The van der Waals surface area contributed by atoms with Gasteiger partial charge in [-0.1, -0.05) is 62.2 Å². The topological polar surface area (TPSA) is 77.1 Å². The van der Waals surface area contributed by atoms with Gasteiger partial charge < -0.3 is 19.5 Å². The third kappa shape index (κ3) is 5.53. The highest BCUT2D eigenvalue weighted by molar-refractivity contribution is 6.06. The van der Waals surface area contributed by atoms with E-state index in [4.69, 9.17) is 14.2 Å². The Hall–Kier alpha value is -4.26. The first-order valence-electron chi connectivity index (χ1n) is 14.3. The number of Topliss-reactive ketones (excluding diaryl/α,β-unsaturated/α-hetero) is 1. The van der Waals surface area contributed by atoms with Crippen molar-refractivity contribution in [3.63, 3.8) is 0 Å². The Morgan fingerprint density at radius 3 is 2.22 bits per heavy atom. The van der Waals surface area contributed by atoms with Gasteiger partial charge in [-0.05, 0) is 54.2 Å². The van der Waals surface area contributed by atoms with E-state index in [1.54, 1.807) is 21.3 Å². The van der Waals surface area contributed by atoms with E-state index in [9.17, 15) is 9.59 Å². The average Bonchev–Trinajstić information content (AvgIpc) is 3.15. The number of para-hydroxylation sites is 2. The van der Waals surface area contributed by atoms with Crippen LogP contribution in [0.25, 0.3) is 0 Å². The van der Waals surface area contributed by atoms with E-state index in [2.05, 4.69) is 24.4 Å². The van der Waals surface area contributed by atoms with Gasteiger partial charge in [0.05, 0.1) is 38.7 Å². The van der Waals surface area contributed by atoms with Gasteiger partial charge in [-0.15, -0.1) is 0 Å². The number of benzene rings is 3. The first-order chi connectivity index (χ1) is 20.0. The van der Waals surface area contributed by atoms with E-state index in [0.717, 1.165) is 47.5 Å². The Balaban J connectivity index is 1.73. The van der Waals surface area contributed by atoms with Gasteiger partial charge in [-0.2, -0.15) is 0 Å². The molecular weight excluding hydrogens is 516 g/mol. The minimum absolute atomic E-state index is 0.0190. The molecule has 1 aliphatic heterocycles. The zero-order chi connectivity index (χ0) is 28.9. The summed E-state index contributed by atoms with van der Waals surface area (Å²) in [5.41, 5.74) is 4.84. The molecule has 2 atom stereocenters. The second kappa shape index (κ2) is 12.5. The third-order valence-corrected chi connectivity index (χ3v) is 8.03. The quantitative estimate of drug-likeness (QED) is 0.282. The zero-order valence-corrected chi connectivity index (χ0v) is 24.2. The van der Waals surface area contributed by atoms with Crippen LogP contribution in [0.2, 0.25) is 0 Å². The van der Waals surface area contributed by atoms with Crippen LogP contribution in [0.5, 0.6) is 17.2 Å². The Bertz CT molecular complexity index is 1420. The van der Waals surface area contributed by atoms with Crippen LogP contribution >= 0.6 is 0 Å². The summed E-state index contributed by atoms with van der Waals surface area (Å²) >= 11 is 0. The van der Waals surface area contributed by atoms with Gasteiger partial charge in [-0.3, -0.25) is 14.5 Å². The molecule has 5 rings (SSSR count). The van der Waals surface area contributed by atoms with Crippen LogP contribution in [0, 0.1) is 0 Å². The van der Waals surface area contributed by atoms with Crippen molar-refractivity contribution < 1.29 is 23.8 Å². The molecule has 2 aliphatic rings. The van der Waals surface area contributed by atoms with E-state index in [-0.39, 0.29) is 17.6 Å². The number of methoxy groups -OCH3 is 3. The van der Waals surface area contributed by atoms with Crippen molar-refractivity contribution in [1.82, 2.24) is 0 Å². The molecule has 0 saturated heterocycles. The van der Waals surface area contributed by atoms with Crippen molar-refractivity contribution in [3.8, 4) is 17.2 Å². The van der Waals surface area contributed by atoms with Gasteiger partial charge in [-0.25, -0.2) is 0 Å². The predicted molar refractivity (Wildman–Crippen MR) is 161 cm³/mol. The second-order valence-electron chi connectivity index (χ2n) is 10.6. The van der Waals surface area contributed by atoms with Crippen LogP contribution in [0.4, 0.5) is 11.4 Å². The number of rotatable bonds is 9. The number of amides is 1. The molecule has 1 heterocycles. The normalized spacial score (nSPS) is 18.1. The number of carbonyl (C=O) groups is 2. The second-order valence-corrected chi connectivity index (χ2v) is 10.6. The molecule has 1 amide bonds. The maximum Gasteiger partial charge on any atom is 0.227 e. The first-order valence-corrected chi connectivity index (χ1v) is 14.3. The number of allylic oxidation sites excluding steroid dienone is 1. The molecule has 1 aliphatic carbocycles. The van der Waals surface area contributed by atoms with Crippen molar-refractivity contribution in [2.45, 2.75) is 57.4 Å². The lowest BCUT2D eigenvalue weighted by Crippen LogP contribution is -2.38. The molecule has 2 unspecified atom stereocenters. The molecule has 214 valence electrons. The lowest BCUT2D eigenvalue weighted by atomic mass is 9.78. The zero-order valence-electron chi connectivity index (χ0n) is 24.2. The molecule has 0 saturated carbocycles. The molecule has 41 heavy (non-hydrogen) atoms. The van der Waals surface area contributed by atoms with E-state index >= 15 is 0 Å². The summed E-state index contributed by atoms with van der Waals surface area (Å²) < 4.78 is 17.0. The number of nitrogens with zero attached hydrogens (tertiary/aromatic N) is 1. The highest BCUT2D eigenvalue weighted by atomic mass is 16.5. The summed E-state index contributed by atoms with van der Waals surface area (Å²) in [7, 11) is 4.70. The minimum atomic E-state index is -0.673. The highest BCUT2D eigenvalue weighted by Gasteiger charge is 2.42. The smallest absolute Gasteiger partial charge is 0.227 e. The fourth-order valence-electron chi connectivity index (χ4n) is 6.05. The Kier molecular flexibility index (Phi) is 8.62. The summed E-state index contributed by atoms with van der Waals surface area (Å²) in [5, 5.41) is 3.60. The number of ketones is 1. The van der Waals surface area contributed by atoms with Gasteiger partial charge >= 0.3 is 0 Å². The fraction of sp³-hybridized carbons (Fsp3) is 0.353. The average molecular weight is 555 g/mol. The number of ether oxygens (including phenoxy) is 3. The molecule has 7 heteroatoms. The van der Waals surface area contributed by atoms with Crippen LogP contribution < -0.4 is 24.4 Å². The van der Waals surface area contributed by atoms with Crippen molar-refractivity contribution in [3.05, 3.63) is 89.1 Å². The number of hydrogen-bond acceptors (Lipinski definition) is 6. The highest BCUT2D eigenvalue weighted by Crippen LogP contribution is 2.50. The summed E-state index contributed by atoms with van der Waals surface area (Å²) in [6, 6.07) is 21.0. The van der Waals surface area contributed by atoms with Gasteiger partial charge in [0.25, 0.3) is 0 Å². The van der Waals surface area contributed by atoms with Crippen LogP contribution in [-0.4, -0.2) is 33.0 Å². The molecule has 7 nitrogen and oxygen atoms in total. The van der Waals surface area contributed by atoms with Crippen LogP contribution in [0.3, 0.4) is 0 Å². The lowest BCUT2D eigenvalue weighted by Gasteiger charge is -2.35. The third-order valence-electron chi connectivity index (χ3n) is 8.03. The Morgan fingerprint density at radius 1 is 0.878 bits per heavy atom. The Morgan fingerprint density at radius 2 is 1.56 bits per heavy atom. The maximum atomic E-state index is 14.2. The number of hydrogen-bond donors (Lipinski definition) is 1. The van der Waals surface area contributed by atoms with Gasteiger partial charge in [0.15, 0.2) is 17.3 Å². The largest absolute Gasteiger partial charge is 0.493 e. The van der Waals surface area contributed by atoms with Crippen LogP contribution in [0.15, 0.2) is 78.0 Å². The minimum Gasteiger partial charge on any atom is -0.493 e. The van der Waals surface area contributed by atoms with Crippen LogP contribution in [0.1, 0.15) is 68.5 Å². The molecular formula is C34H38N2O5. The molecule has 0 spiro atoms. The monoisotopic (exact) mass is 554 g/mol. The van der Waals surface area contributed by atoms with E-state index in [0.29, 0.717) is 42.1 Å².